The van der Waals surface area contributed by atoms with Gasteiger partial charge in [0.15, 0.2) is 11.6 Å². The number of halogens is 1. The van der Waals surface area contributed by atoms with E-state index < -0.39 is 17.6 Å². The Labute approximate surface area is 82.0 Å². The second kappa shape index (κ2) is 4.39. The van der Waals surface area contributed by atoms with Gasteiger partial charge in [0.05, 0.1) is 12.6 Å². The molecule has 4 N–H and O–H groups in total. The number of aromatic hydroxyl groups is 1. The summed E-state index contributed by atoms with van der Waals surface area (Å²) in [5.74, 6) is -1.16. The molecule has 0 saturated carbocycles. The molecule has 1 aromatic carbocycles. The molecule has 1 rings (SSSR count). The highest BCUT2D eigenvalue weighted by molar-refractivity contribution is 5.39. The van der Waals surface area contributed by atoms with Crippen molar-refractivity contribution in [2.24, 2.45) is 5.73 Å². The third kappa shape index (κ3) is 2.02. The van der Waals surface area contributed by atoms with Crippen molar-refractivity contribution in [1.82, 2.24) is 0 Å². The molecule has 14 heavy (non-hydrogen) atoms. The average Bonchev–Trinajstić information content (AvgIpc) is 2.20. The number of benzene rings is 1. The number of aliphatic hydroxyl groups is 1. The number of rotatable bonds is 3. The summed E-state index contributed by atoms with van der Waals surface area (Å²) in [6.07, 6.45) is 0.655. The maximum Gasteiger partial charge on any atom is 0.165 e. The van der Waals surface area contributed by atoms with Crippen molar-refractivity contribution >= 4 is 0 Å². The summed E-state index contributed by atoms with van der Waals surface area (Å²) in [7, 11) is 0. The maximum absolute atomic E-state index is 13.1. The van der Waals surface area contributed by atoms with Crippen LogP contribution in [0.4, 0.5) is 4.39 Å². The molecule has 4 heteroatoms. The smallest absolute Gasteiger partial charge is 0.165 e. The highest BCUT2D eigenvalue weighted by Crippen LogP contribution is 2.27. The Kier molecular flexibility index (Phi) is 3.43. The Morgan fingerprint density at radius 1 is 1.50 bits per heavy atom. The number of aliphatic hydroxyl groups excluding tert-OH is 1. The molecule has 0 radical (unpaired) electrons. The quantitative estimate of drug-likeness (QED) is 0.682. The van der Waals surface area contributed by atoms with Gasteiger partial charge < -0.3 is 15.9 Å². The van der Waals surface area contributed by atoms with Crippen molar-refractivity contribution in [3.05, 3.63) is 29.1 Å². The van der Waals surface area contributed by atoms with Crippen LogP contribution in [0.1, 0.15) is 24.1 Å². The fourth-order valence-electron chi connectivity index (χ4n) is 1.26. The second-order valence-electron chi connectivity index (χ2n) is 3.16. The van der Waals surface area contributed by atoms with E-state index in [2.05, 4.69) is 0 Å². The lowest BCUT2D eigenvalue weighted by atomic mass is 10.0. The van der Waals surface area contributed by atoms with Gasteiger partial charge in [0.1, 0.15) is 0 Å². The highest BCUT2D eigenvalue weighted by Gasteiger charge is 2.14. The SMILES string of the molecule is CCc1cc(F)c(O)c(C(N)CO)c1. The molecule has 1 unspecified atom stereocenters. The topological polar surface area (TPSA) is 66.5 Å². The van der Waals surface area contributed by atoms with E-state index in [1.54, 1.807) is 6.07 Å². The molecule has 3 nitrogen and oxygen atoms in total. The second-order valence-corrected chi connectivity index (χ2v) is 3.16. The summed E-state index contributed by atoms with van der Waals surface area (Å²) in [4.78, 5) is 0. The first kappa shape index (κ1) is 10.9. The predicted octanol–water partition coefficient (Wildman–Crippen LogP) is 1.09. The van der Waals surface area contributed by atoms with Gasteiger partial charge in [0.25, 0.3) is 0 Å². The highest BCUT2D eigenvalue weighted by atomic mass is 19.1. The van der Waals surface area contributed by atoms with Crippen molar-refractivity contribution in [2.75, 3.05) is 6.61 Å². The average molecular weight is 199 g/mol. The monoisotopic (exact) mass is 199 g/mol. The molecule has 78 valence electrons. The van der Waals surface area contributed by atoms with Gasteiger partial charge in [-0.05, 0) is 18.1 Å². The van der Waals surface area contributed by atoms with Crippen LogP contribution in [0.3, 0.4) is 0 Å². The lowest BCUT2D eigenvalue weighted by molar-refractivity contribution is 0.264. The summed E-state index contributed by atoms with van der Waals surface area (Å²) in [5.41, 5.74) is 6.51. The summed E-state index contributed by atoms with van der Waals surface area (Å²) in [6.45, 7) is 1.56. The van der Waals surface area contributed by atoms with E-state index in [-0.39, 0.29) is 12.2 Å². The number of phenols is 1. The van der Waals surface area contributed by atoms with E-state index in [9.17, 15) is 9.50 Å². The van der Waals surface area contributed by atoms with Crippen LogP contribution in [0.25, 0.3) is 0 Å². The van der Waals surface area contributed by atoms with Gasteiger partial charge in [0, 0.05) is 5.56 Å². The number of nitrogens with two attached hydrogens (primary N) is 1. The van der Waals surface area contributed by atoms with Crippen LogP contribution in [0, 0.1) is 5.82 Å². The molecule has 0 amide bonds. The van der Waals surface area contributed by atoms with Crippen molar-refractivity contribution in [3.8, 4) is 5.75 Å². The first-order valence-electron chi connectivity index (χ1n) is 4.47. The Morgan fingerprint density at radius 2 is 2.14 bits per heavy atom. The van der Waals surface area contributed by atoms with E-state index >= 15 is 0 Å². The van der Waals surface area contributed by atoms with E-state index in [4.69, 9.17) is 10.8 Å². The Bertz CT molecular complexity index is 328. The van der Waals surface area contributed by atoms with Crippen LogP contribution in [0.15, 0.2) is 12.1 Å². The fraction of sp³-hybridized carbons (Fsp3) is 0.400. The standard InChI is InChI=1S/C10H14FNO2/c1-2-6-3-7(9(12)5-13)10(14)8(11)4-6/h3-4,9,13-14H,2,5,12H2,1H3. The van der Waals surface area contributed by atoms with Crippen LogP contribution in [0.2, 0.25) is 0 Å². The normalized spacial score (nSPS) is 12.9. The van der Waals surface area contributed by atoms with E-state index in [1.807, 2.05) is 6.92 Å². The summed E-state index contributed by atoms with van der Waals surface area (Å²) < 4.78 is 13.1. The largest absolute Gasteiger partial charge is 0.505 e. The van der Waals surface area contributed by atoms with E-state index in [1.165, 1.54) is 6.07 Å². The molecule has 0 spiro atoms. The lowest BCUT2D eigenvalue weighted by Gasteiger charge is -2.12. The van der Waals surface area contributed by atoms with Gasteiger partial charge in [0.2, 0.25) is 0 Å². The van der Waals surface area contributed by atoms with Crippen LogP contribution in [-0.2, 0) is 6.42 Å². The molecule has 0 aromatic heterocycles. The Balaban J connectivity index is 3.20. The zero-order valence-corrected chi connectivity index (χ0v) is 8.00. The van der Waals surface area contributed by atoms with Crippen LogP contribution in [-0.4, -0.2) is 16.8 Å². The molecule has 0 aliphatic carbocycles. The first-order valence-corrected chi connectivity index (χ1v) is 4.47. The summed E-state index contributed by atoms with van der Waals surface area (Å²) in [5, 5.41) is 18.2. The molecular weight excluding hydrogens is 185 g/mol. The van der Waals surface area contributed by atoms with Gasteiger partial charge in [-0.25, -0.2) is 4.39 Å². The number of aryl methyl sites for hydroxylation is 1. The van der Waals surface area contributed by atoms with Crippen molar-refractivity contribution in [2.45, 2.75) is 19.4 Å². The third-order valence-electron chi connectivity index (χ3n) is 2.16. The van der Waals surface area contributed by atoms with Gasteiger partial charge in [-0.3, -0.25) is 0 Å². The number of phenolic OH excluding ortho intramolecular Hbond substituents is 1. The minimum absolute atomic E-state index is 0.254. The number of hydrogen-bond donors (Lipinski definition) is 3. The van der Waals surface area contributed by atoms with E-state index in [0.717, 1.165) is 5.56 Å². The lowest BCUT2D eigenvalue weighted by Crippen LogP contribution is -2.15. The van der Waals surface area contributed by atoms with Crippen molar-refractivity contribution < 1.29 is 14.6 Å². The third-order valence-corrected chi connectivity index (χ3v) is 2.16. The van der Waals surface area contributed by atoms with Crippen LogP contribution < -0.4 is 5.73 Å². The molecule has 0 saturated heterocycles. The molecule has 0 fully saturated rings. The number of hydrogen-bond acceptors (Lipinski definition) is 3. The summed E-state index contributed by atoms with van der Waals surface area (Å²) >= 11 is 0. The fourth-order valence-corrected chi connectivity index (χ4v) is 1.26. The van der Waals surface area contributed by atoms with Crippen molar-refractivity contribution in [3.63, 3.8) is 0 Å². The molecular formula is C10H14FNO2. The molecule has 0 bridgehead atoms. The van der Waals surface area contributed by atoms with Gasteiger partial charge in [-0.15, -0.1) is 0 Å². The minimum Gasteiger partial charge on any atom is -0.505 e. The van der Waals surface area contributed by atoms with E-state index in [0.29, 0.717) is 6.42 Å². The molecule has 0 aliphatic rings. The Morgan fingerprint density at radius 3 is 2.64 bits per heavy atom. The molecule has 1 aromatic rings. The molecule has 0 aliphatic heterocycles. The maximum atomic E-state index is 13.1. The zero-order valence-electron chi connectivity index (χ0n) is 8.00. The van der Waals surface area contributed by atoms with Gasteiger partial charge >= 0.3 is 0 Å². The minimum atomic E-state index is -0.740. The van der Waals surface area contributed by atoms with Gasteiger partial charge in [-0.1, -0.05) is 13.0 Å². The zero-order chi connectivity index (χ0) is 10.7. The van der Waals surface area contributed by atoms with Crippen LogP contribution >= 0.6 is 0 Å². The molecule has 0 heterocycles. The van der Waals surface area contributed by atoms with Crippen molar-refractivity contribution in [1.29, 1.82) is 0 Å². The van der Waals surface area contributed by atoms with Gasteiger partial charge in [-0.2, -0.15) is 0 Å². The first-order chi connectivity index (χ1) is 6.60. The predicted molar refractivity (Wildman–Crippen MR) is 51.5 cm³/mol. The Hall–Kier alpha value is -1.13. The molecule has 1 atom stereocenters. The summed E-state index contributed by atoms with van der Waals surface area (Å²) in [6, 6.07) is 2.14. The van der Waals surface area contributed by atoms with Crippen LogP contribution in [0.5, 0.6) is 5.75 Å².